The Morgan fingerprint density at radius 3 is 2.94 bits per heavy atom. The lowest BCUT2D eigenvalue weighted by atomic mass is 9.85. The van der Waals surface area contributed by atoms with Crippen LogP contribution in [0.5, 0.6) is 0 Å². The molecule has 0 bridgehead atoms. The molecule has 90 valence electrons. The van der Waals surface area contributed by atoms with Gasteiger partial charge in [0.15, 0.2) is 12.2 Å². The molecule has 1 atom stereocenters. The smallest absolute Gasteiger partial charge is 0.168 e. The van der Waals surface area contributed by atoms with E-state index in [0.717, 1.165) is 25.0 Å². The van der Waals surface area contributed by atoms with E-state index in [-0.39, 0.29) is 5.78 Å². The average molecular weight is 224 g/mol. The lowest BCUT2D eigenvalue weighted by Crippen LogP contribution is -2.21. The lowest BCUT2D eigenvalue weighted by molar-refractivity contribution is -0.117. The number of ether oxygens (including phenoxy) is 1. The number of aliphatic imine (C=N–C) groups is 1. The van der Waals surface area contributed by atoms with Crippen molar-refractivity contribution in [1.29, 1.82) is 0 Å². The predicted molar refractivity (Wildman–Crippen MR) is 64.5 cm³/mol. The van der Waals surface area contributed by atoms with Crippen molar-refractivity contribution in [3.8, 4) is 0 Å². The summed E-state index contributed by atoms with van der Waals surface area (Å²) >= 11 is 0. The van der Waals surface area contributed by atoms with Gasteiger partial charge in [0.25, 0.3) is 0 Å². The van der Waals surface area contributed by atoms with E-state index < -0.39 is 0 Å². The topological polar surface area (TPSA) is 41.9 Å². The normalized spacial score (nSPS) is 24.1. The second-order valence-electron chi connectivity index (χ2n) is 4.36. The molecule has 0 aromatic rings. The van der Waals surface area contributed by atoms with Crippen molar-refractivity contribution >= 4 is 12.2 Å². The van der Waals surface area contributed by atoms with Crippen LogP contribution in [0.3, 0.4) is 0 Å². The Labute approximate surface area is 97.0 Å². The van der Waals surface area contributed by atoms with E-state index in [1.54, 1.807) is 7.11 Å². The molecule has 0 aromatic carbocycles. The largest absolute Gasteiger partial charge is 0.487 e. The monoisotopic (exact) mass is 224 g/mol. The minimum absolute atomic E-state index is 0.278. The van der Waals surface area contributed by atoms with Gasteiger partial charge in [-0.1, -0.05) is 0 Å². The molecular weight excluding hydrogens is 204 g/mol. The minimum Gasteiger partial charge on any atom is -0.487 e. The van der Waals surface area contributed by atoms with Gasteiger partial charge >= 0.3 is 0 Å². The molecule has 0 heterocycles. The lowest BCUT2D eigenvalue weighted by Gasteiger charge is -2.22. The number of hydrogen-bond acceptors (Lipinski definition) is 4. The molecule has 0 spiro atoms. The average Bonchev–Trinajstić information content (AvgIpc) is 2.22. The first-order valence-electron chi connectivity index (χ1n) is 5.55. The van der Waals surface area contributed by atoms with Gasteiger partial charge in [0.2, 0.25) is 0 Å². The van der Waals surface area contributed by atoms with Gasteiger partial charge in [0, 0.05) is 38.8 Å². The number of methoxy groups -OCH3 is 1. The summed E-state index contributed by atoms with van der Waals surface area (Å²) in [4.78, 5) is 17.7. The highest BCUT2D eigenvalue weighted by molar-refractivity contribution is 5.95. The van der Waals surface area contributed by atoms with Gasteiger partial charge in [0.05, 0.1) is 7.11 Å². The molecule has 0 aliphatic heterocycles. The molecule has 4 heteroatoms. The van der Waals surface area contributed by atoms with Crippen molar-refractivity contribution in [3.63, 3.8) is 0 Å². The van der Waals surface area contributed by atoms with Crippen LogP contribution < -0.4 is 0 Å². The maximum absolute atomic E-state index is 11.6. The Kier molecular flexibility index (Phi) is 5.02. The van der Waals surface area contributed by atoms with Crippen molar-refractivity contribution in [2.75, 3.05) is 27.7 Å². The standard InChI is InChI=1S/C12H20N2O2/c1-14(2)8-11-6-10(4-5-12(11)15)7-13-9-16-3/h8-10H,4-7H2,1-3H3/b11-8-,13-9?. The number of rotatable bonds is 4. The third-order valence-electron chi connectivity index (χ3n) is 2.60. The van der Waals surface area contributed by atoms with Gasteiger partial charge in [0.1, 0.15) is 0 Å². The van der Waals surface area contributed by atoms with Crippen LogP contribution in [0.25, 0.3) is 0 Å². The maximum atomic E-state index is 11.6. The molecule has 0 amide bonds. The van der Waals surface area contributed by atoms with Crippen LogP contribution in [0.1, 0.15) is 19.3 Å². The van der Waals surface area contributed by atoms with Gasteiger partial charge in [-0.15, -0.1) is 0 Å². The fourth-order valence-electron chi connectivity index (χ4n) is 1.88. The Hall–Kier alpha value is -1.32. The van der Waals surface area contributed by atoms with E-state index in [9.17, 15) is 4.79 Å². The van der Waals surface area contributed by atoms with Crippen molar-refractivity contribution in [2.24, 2.45) is 10.9 Å². The quantitative estimate of drug-likeness (QED) is 0.412. The zero-order valence-corrected chi connectivity index (χ0v) is 10.3. The van der Waals surface area contributed by atoms with E-state index in [4.69, 9.17) is 4.74 Å². The van der Waals surface area contributed by atoms with Crippen LogP contribution in [-0.2, 0) is 9.53 Å². The third-order valence-corrected chi connectivity index (χ3v) is 2.60. The van der Waals surface area contributed by atoms with E-state index in [0.29, 0.717) is 12.3 Å². The first-order chi connectivity index (χ1) is 7.63. The SMILES string of the molecule is COC=NCC1CCC(=O)/C(=C\N(C)C)C1. The third kappa shape index (κ3) is 4.04. The zero-order valence-electron chi connectivity index (χ0n) is 10.3. The van der Waals surface area contributed by atoms with Gasteiger partial charge in [-0.05, 0) is 18.8 Å². The summed E-state index contributed by atoms with van der Waals surface area (Å²) in [5.41, 5.74) is 0.925. The Morgan fingerprint density at radius 2 is 2.31 bits per heavy atom. The Morgan fingerprint density at radius 1 is 1.56 bits per heavy atom. The van der Waals surface area contributed by atoms with Crippen molar-refractivity contribution in [3.05, 3.63) is 11.8 Å². The van der Waals surface area contributed by atoms with Crippen molar-refractivity contribution in [1.82, 2.24) is 4.90 Å². The van der Waals surface area contributed by atoms with Gasteiger partial charge in [-0.3, -0.25) is 9.79 Å². The molecule has 0 saturated heterocycles. The summed E-state index contributed by atoms with van der Waals surface area (Å²) in [5.74, 6) is 0.746. The van der Waals surface area contributed by atoms with Gasteiger partial charge in [-0.2, -0.15) is 0 Å². The molecule has 16 heavy (non-hydrogen) atoms. The molecule has 0 aromatic heterocycles. The first kappa shape index (κ1) is 12.7. The van der Waals surface area contributed by atoms with Crippen LogP contribution in [0.4, 0.5) is 0 Å². The van der Waals surface area contributed by atoms with E-state index in [2.05, 4.69) is 4.99 Å². The summed E-state index contributed by atoms with van der Waals surface area (Å²) in [5, 5.41) is 0. The van der Waals surface area contributed by atoms with Crippen LogP contribution in [0.15, 0.2) is 16.8 Å². The number of nitrogens with zero attached hydrogens (tertiary/aromatic N) is 2. The van der Waals surface area contributed by atoms with Crippen LogP contribution in [0.2, 0.25) is 0 Å². The van der Waals surface area contributed by atoms with Gasteiger partial charge in [-0.25, -0.2) is 0 Å². The number of ketones is 1. The highest BCUT2D eigenvalue weighted by atomic mass is 16.5. The molecule has 1 aliphatic rings. The highest BCUT2D eigenvalue weighted by Crippen LogP contribution is 2.26. The summed E-state index contributed by atoms with van der Waals surface area (Å²) in [7, 11) is 5.46. The van der Waals surface area contributed by atoms with Crippen LogP contribution in [0, 0.1) is 5.92 Å². The van der Waals surface area contributed by atoms with Gasteiger partial charge < -0.3 is 9.64 Å². The summed E-state index contributed by atoms with van der Waals surface area (Å²) in [6, 6.07) is 0. The van der Waals surface area contributed by atoms with E-state index in [1.807, 2.05) is 25.2 Å². The second-order valence-corrected chi connectivity index (χ2v) is 4.36. The fourth-order valence-corrected chi connectivity index (χ4v) is 1.88. The Bertz CT molecular complexity index is 295. The maximum Gasteiger partial charge on any atom is 0.168 e. The molecule has 1 fully saturated rings. The predicted octanol–water partition coefficient (Wildman–Crippen LogP) is 1.48. The second kappa shape index (κ2) is 6.30. The first-order valence-corrected chi connectivity index (χ1v) is 5.55. The number of allylic oxidation sites excluding steroid dienone is 1. The van der Waals surface area contributed by atoms with E-state index in [1.165, 1.54) is 6.40 Å². The summed E-state index contributed by atoms with van der Waals surface area (Å²) < 4.78 is 4.76. The molecule has 4 nitrogen and oxygen atoms in total. The van der Waals surface area contributed by atoms with Crippen molar-refractivity contribution < 1.29 is 9.53 Å². The number of carbonyl (C=O) groups excluding carboxylic acids is 1. The van der Waals surface area contributed by atoms with Crippen LogP contribution >= 0.6 is 0 Å². The number of hydrogen-bond donors (Lipinski definition) is 0. The minimum atomic E-state index is 0.278. The Balaban J connectivity index is 2.54. The summed E-state index contributed by atoms with van der Waals surface area (Å²) in [6.07, 6.45) is 5.80. The molecule has 1 aliphatic carbocycles. The highest BCUT2D eigenvalue weighted by Gasteiger charge is 2.23. The molecule has 1 saturated carbocycles. The fraction of sp³-hybridized carbons (Fsp3) is 0.667. The van der Waals surface area contributed by atoms with E-state index >= 15 is 0 Å². The molecular formula is C12H20N2O2. The number of Topliss-reactive ketones (excluding diaryl/α,β-unsaturated/α-hetero) is 1. The zero-order chi connectivity index (χ0) is 12.0. The molecule has 1 rings (SSSR count). The molecule has 0 N–H and O–H groups in total. The van der Waals surface area contributed by atoms with Crippen LogP contribution in [-0.4, -0.2) is 44.8 Å². The molecule has 0 radical (unpaired) electrons. The number of carbonyl (C=O) groups is 1. The summed E-state index contributed by atoms with van der Waals surface area (Å²) in [6.45, 7) is 0.742. The van der Waals surface area contributed by atoms with Crippen molar-refractivity contribution in [2.45, 2.75) is 19.3 Å². The molecule has 1 unspecified atom stereocenters.